The van der Waals surface area contributed by atoms with Gasteiger partial charge in [-0.2, -0.15) is 5.10 Å². The Morgan fingerprint density at radius 2 is 2.22 bits per heavy atom. The van der Waals surface area contributed by atoms with Crippen LogP contribution in [0.4, 0.5) is 4.79 Å². The van der Waals surface area contributed by atoms with Gasteiger partial charge in [-0.25, -0.2) is 14.5 Å². The van der Waals surface area contributed by atoms with Crippen molar-refractivity contribution in [3.63, 3.8) is 0 Å². The molecule has 1 fully saturated rings. The van der Waals surface area contributed by atoms with E-state index < -0.39 is 0 Å². The van der Waals surface area contributed by atoms with E-state index in [4.69, 9.17) is 0 Å². The topological polar surface area (TPSA) is 75.9 Å². The van der Waals surface area contributed by atoms with Crippen LogP contribution in [0, 0.1) is 0 Å². The van der Waals surface area contributed by atoms with Gasteiger partial charge in [-0.15, -0.1) is 0 Å². The molecule has 2 unspecified atom stereocenters. The van der Waals surface area contributed by atoms with Crippen molar-refractivity contribution in [1.82, 2.24) is 30.0 Å². The van der Waals surface area contributed by atoms with Crippen molar-refractivity contribution in [2.45, 2.75) is 38.3 Å². The minimum absolute atomic E-state index is 0.0113. The quantitative estimate of drug-likeness (QED) is 0.938. The van der Waals surface area contributed by atoms with Crippen LogP contribution in [0.5, 0.6) is 0 Å². The molecule has 2 aromatic heterocycles. The predicted molar refractivity (Wildman–Crippen MR) is 85.7 cm³/mol. The zero-order valence-corrected chi connectivity index (χ0v) is 13.3. The molecule has 122 valence electrons. The molecule has 0 aliphatic carbocycles. The van der Waals surface area contributed by atoms with Crippen LogP contribution in [0.2, 0.25) is 0 Å². The van der Waals surface area contributed by atoms with E-state index in [0.717, 1.165) is 31.4 Å². The highest BCUT2D eigenvalue weighted by atomic mass is 16.2. The third-order valence-corrected chi connectivity index (χ3v) is 4.31. The number of hydrogen-bond acceptors (Lipinski definition) is 4. The van der Waals surface area contributed by atoms with Gasteiger partial charge < -0.3 is 10.2 Å². The second-order valence-electron chi connectivity index (χ2n) is 5.81. The van der Waals surface area contributed by atoms with Crippen LogP contribution in [0.3, 0.4) is 0 Å². The number of hydrogen-bond donors (Lipinski definition) is 1. The summed E-state index contributed by atoms with van der Waals surface area (Å²) in [4.78, 5) is 22.5. The molecule has 0 saturated carbocycles. The van der Waals surface area contributed by atoms with E-state index in [2.05, 4.69) is 27.3 Å². The maximum atomic E-state index is 12.6. The van der Waals surface area contributed by atoms with Crippen LogP contribution >= 0.6 is 0 Å². The molecular formula is C16H22N6O. The molecule has 3 heterocycles. The van der Waals surface area contributed by atoms with Gasteiger partial charge in [-0.05, 0) is 37.0 Å². The lowest BCUT2D eigenvalue weighted by Gasteiger charge is -2.33. The fraction of sp³-hybridized carbons (Fsp3) is 0.500. The maximum absolute atomic E-state index is 12.6. The van der Waals surface area contributed by atoms with Gasteiger partial charge in [0.2, 0.25) is 0 Å². The lowest BCUT2D eigenvalue weighted by atomic mass is 10.1. The zero-order valence-electron chi connectivity index (χ0n) is 13.3. The van der Waals surface area contributed by atoms with Crippen LogP contribution in [0.15, 0.2) is 37.2 Å². The smallest absolute Gasteiger partial charge is 0.317 e. The summed E-state index contributed by atoms with van der Waals surface area (Å²) in [6.45, 7) is 3.52. The number of piperidine rings is 1. The summed E-state index contributed by atoms with van der Waals surface area (Å²) in [7, 11) is 0. The predicted octanol–water partition coefficient (Wildman–Crippen LogP) is 2.17. The van der Waals surface area contributed by atoms with Gasteiger partial charge >= 0.3 is 6.03 Å². The molecule has 23 heavy (non-hydrogen) atoms. The molecule has 2 atom stereocenters. The van der Waals surface area contributed by atoms with Crippen LogP contribution in [-0.2, 0) is 0 Å². The number of likely N-dealkylation sites (tertiary alicyclic amines) is 1. The molecule has 1 aliphatic rings. The summed E-state index contributed by atoms with van der Waals surface area (Å²) in [6.07, 6.45) is 9.61. The van der Waals surface area contributed by atoms with Crippen molar-refractivity contribution in [3.8, 4) is 0 Å². The third kappa shape index (κ3) is 3.67. The Morgan fingerprint density at radius 3 is 2.91 bits per heavy atom. The van der Waals surface area contributed by atoms with Crippen molar-refractivity contribution < 1.29 is 4.79 Å². The summed E-state index contributed by atoms with van der Waals surface area (Å²) < 4.78 is 1.85. The van der Waals surface area contributed by atoms with Gasteiger partial charge in [0.1, 0.15) is 12.7 Å². The number of carbonyl (C=O) groups is 1. The number of carbonyl (C=O) groups excluding carboxylic acids is 1. The van der Waals surface area contributed by atoms with Gasteiger partial charge in [-0.3, -0.25) is 4.98 Å². The summed E-state index contributed by atoms with van der Waals surface area (Å²) >= 11 is 0. The van der Waals surface area contributed by atoms with Gasteiger partial charge in [0.05, 0.1) is 12.1 Å². The molecule has 2 amide bonds. The lowest BCUT2D eigenvalue weighted by molar-refractivity contribution is 0.159. The first-order chi connectivity index (χ1) is 11.3. The monoisotopic (exact) mass is 314 g/mol. The molecule has 2 aromatic rings. The van der Waals surface area contributed by atoms with E-state index in [1.165, 1.54) is 6.33 Å². The average molecular weight is 314 g/mol. The number of pyridine rings is 1. The molecule has 1 saturated heterocycles. The number of nitrogens with zero attached hydrogens (tertiary/aromatic N) is 5. The lowest BCUT2D eigenvalue weighted by Crippen LogP contribution is -2.46. The fourth-order valence-corrected chi connectivity index (χ4v) is 3.02. The molecular weight excluding hydrogens is 292 g/mol. The second-order valence-corrected chi connectivity index (χ2v) is 5.81. The Labute approximate surface area is 135 Å². The molecule has 0 radical (unpaired) electrons. The van der Waals surface area contributed by atoms with Crippen molar-refractivity contribution in [1.29, 1.82) is 0 Å². The molecule has 7 heteroatoms. The molecule has 0 bridgehead atoms. The van der Waals surface area contributed by atoms with Crippen LogP contribution in [0.1, 0.15) is 43.8 Å². The molecule has 0 aromatic carbocycles. The number of rotatable bonds is 4. The van der Waals surface area contributed by atoms with Crippen molar-refractivity contribution in [2.24, 2.45) is 0 Å². The normalized spacial score (nSPS) is 19.3. The molecule has 1 aliphatic heterocycles. The highest BCUT2D eigenvalue weighted by Gasteiger charge is 2.26. The van der Waals surface area contributed by atoms with E-state index in [1.807, 2.05) is 21.7 Å². The van der Waals surface area contributed by atoms with E-state index in [0.29, 0.717) is 6.54 Å². The average Bonchev–Trinajstić information content (AvgIpc) is 3.15. The Balaban J connectivity index is 1.63. The summed E-state index contributed by atoms with van der Waals surface area (Å²) in [5.74, 6) is 0. The van der Waals surface area contributed by atoms with Gasteiger partial charge in [0.15, 0.2) is 0 Å². The zero-order chi connectivity index (χ0) is 16.1. The summed E-state index contributed by atoms with van der Waals surface area (Å²) in [5, 5.41) is 7.33. The molecule has 7 nitrogen and oxygen atoms in total. The van der Waals surface area contributed by atoms with Crippen molar-refractivity contribution in [2.75, 3.05) is 13.1 Å². The SMILES string of the molecule is CCC(NC(=O)N1CCCC(n2cncn2)C1)c1ccncc1. The molecule has 0 spiro atoms. The fourth-order valence-electron chi connectivity index (χ4n) is 3.02. The Morgan fingerprint density at radius 1 is 1.39 bits per heavy atom. The van der Waals surface area contributed by atoms with Crippen LogP contribution in [0.25, 0.3) is 0 Å². The molecule has 3 rings (SSSR count). The van der Waals surface area contributed by atoms with Crippen molar-refractivity contribution >= 4 is 6.03 Å². The van der Waals surface area contributed by atoms with Crippen LogP contribution < -0.4 is 5.32 Å². The maximum Gasteiger partial charge on any atom is 0.317 e. The highest BCUT2D eigenvalue weighted by molar-refractivity contribution is 5.74. The molecule has 1 N–H and O–H groups in total. The summed E-state index contributed by atoms with van der Waals surface area (Å²) in [6, 6.07) is 4.10. The van der Waals surface area contributed by atoms with Gasteiger partial charge in [0.25, 0.3) is 0 Å². The minimum Gasteiger partial charge on any atom is -0.331 e. The Hall–Kier alpha value is -2.44. The first kappa shape index (κ1) is 15.5. The minimum atomic E-state index is -0.0153. The van der Waals surface area contributed by atoms with Gasteiger partial charge in [-0.1, -0.05) is 6.92 Å². The third-order valence-electron chi connectivity index (χ3n) is 4.31. The number of aromatic nitrogens is 4. The number of amides is 2. The summed E-state index contributed by atoms with van der Waals surface area (Å²) in [5.41, 5.74) is 1.08. The largest absolute Gasteiger partial charge is 0.331 e. The van der Waals surface area contributed by atoms with E-state index in [-0.39, 0.29) is 18.1 Å². The standard InChI is InChI=1S/C16H22N6O/c1-2-15(13-5-7-17-8-6-13)20-16(23)21-9-3-4-14(10-21)22-12-18-11-19-22/h5-8,11-12,14-15H,2-4,9-10H2,1H3,(H,20,23). The Bertz CT molecular complexity index is 615. The van der Waals surface area contributed by atoms with Crippen molar-refractivity contribution in [3.05, 3.63) is 42.7 Å². The second kappa shape index (κ2) is 7.21. The highest BCUT2D eigenvalue weighted by Crippen LogP contribution is 2.21. The first-order valence-corrected chi connectivity index (χ1v) is 8.07. The first-order valence-electron chi connectivity index (χ1n) is 8.07. The van der Waals surface area contributed by atoms with Crippen LogP contribution in [-0.4, -0.2) is 43.8 Å². The Kier molecular flexibility index (Phi) is 4.85. The number of urea groups is 1. The van der Waals surface area contributed by atoms with Gasteiger partial charge in [0, 0.05) is 25.5 Å². The number of nitrogens with one attached hydrogen (secondary N) is 1. The van der Waals surface area contributed by atoms with E-state index in [9.17, 15) is 4.79 Å². The van der Waals surface area contributed by atoms with E-state index >= 15 is 0 Å². The van der Waals surface area contributed by atoms with E-state index in [1.54, 1.807) is 18.7 Å².